The number of esters is 2. The lowest BCUT2D eigenvalue weighted by Gasteiger charge is -2.37. The average molecular weight is 1280 g/mol. The van der Waals surface area contributed by atoms with Crippen LogP contribution in [0.4, 0.5) is 0 Å². The highest BCUT2D eigenvalue weighted by molar-refractivity contribution is 7.47. The molecule has 0 bridgehead atoms. The summed E-state index contributed by atoms with van der Waals surface area (Å²) < 4.78 is 36.5. The minimum atomic E-state index is -4.81. The number of phosphoric ester groups is 1. The van der Waals surface area contributed by atoms with E-state index in [2.05, 4.69) is 27.7 Å². The molecule has 0 aromatic rings. The molecule has 1 unspecified atom stereocenters. The van der Waals surface area contributed by atoms with Gasteiger partial charge in [-0.05, 0) is 25.7 Å². The van der Waals surface area contributed by atoms with Crippen LogP contribution in [0, 0.1) is 0 Å². The summed E-state index contributed by atoms with van der Waals surface area (Å²) in [5, 5.41) is 0. The first-order valence-electron chi connectivity index (χ1n) is 39.3. The number of phosphoric acid groups is 1. The maximum absolute atomic E-state index is 15.3. The van der Waals surface area contributed by atoms with Crippen molar-refractivity contribution in [1.82, 2.24) is 0 Å². The van der Waals surface area contributed by atoms with E-state index in [-0.39, 0.29) is 38.8 Å². The number of ketones is 2. The highest BCUT2D eigenvalue weighted by Gasteiger charge is 2.57. The molecule has 0 aliphatic rings. The summed E-state index contributed by atoms with van der Waals surface area (Å²) in [7, 11) is -4.81. The van der Waals surface area contributed by atoms with Gasteiger partial charge in [-0.25, -0.2) is 4.57 Å². The summed E-state index contributed by atoms with van der Waals surface area (Å²) in [5.74, 6) is -2.69. The fourth-order valence-electron chi connectivity index (χ4n) is 12.7. The van der Waals surface area contributed by atoms with Gasteiger partial charge in [-0.15, -0.1) is 0 Å². The number of Topliss-reactive ketones (excluding diaryl/α,β-unsaturated/α-hetero) is 2. The molecule has 11 nitrogen and oxygen atoms in total. The second-order valence-electron chi connectivity index (χ2n) is 27.2. The Bertz CT molecular complexity index is 1550. The van der Waals surface area contributed by atoms with E-state index in [0.29, 0.717) is 25.7 Å². The molecule has 89 heavy (non-hydrogen) atoms. The van der Waals surface area contributed by atoms with Crippen molar-refractivity contribution in [3.63, 3.8) is 0 Å². The van der Waals surface area contributed by atoms with Crippen LogP contribution in [0.3, 0.4) is 0 Å². The van der Waals surface area contributed by atoms with Gasteiger partial charge < -0.3 is 20.1 Å². The van der Waals surface area contributed by atoms with Crippen LogP contribution in [0.5, 0.6) is 0 Å². The molecular weight excluding hydrogens is 1130 g/mol. The minimum Gasteiger partial charge on any atom is -0.455 e. The maximum atomic E-state index is 15.3. The summed E-state index contributed by atoms with van der Waals surface area (Å²) in [4.78, 5) is 69.8. The Morgan fingerprint density at radius 3 is 0.775 bits per heavy atom. The number of hydrogen-bond donors (Lipinski definition) is 2. The number of ether oxygens (including phenoxy) is 2. The highest BCUT2D eigenvalue weighted by Crippen LogP contribution is 2.44. The smallest absolute Gasteiger partial charge is 0.455 e. The summed E-state index contributed by atoms with van der Waals surface area (Å²) in [6, 6.07) is 0. The van der Waals surface area contributed by atoms with Crippen molar-refractivity contribution in [2.24, 2.45) is 5.73 Å². The first kappa shape index (κ1) is 87.3. The van der Waals surface area contributed by atoms with Crippen LogP contribution in [-0.2, 0) is 42.3 Å². The molecule has 0 radical (unpaired) electrons. The monoisotopic (exact) mass is 1280 g/mol. The zero-order valence-corrected chi connectivity index (χ0v) is 60.5. The van der Waals surface area contributed by atoms with Crippen molar-refractivity contribution in [3.8, 4) is 0 Å². The second kappa shape index (κ2) is 67.8. The fourth-order valence-corrected chi connectivity index (χ4v) is 13.4. The van der Waals surface area contributed by atoms with Crippen LogP contribution in [0.1, 0.15) is 439 Å². The van der Waals surface area contributed by atoms with E-state index in [1.54, 1.807) is 0 Å². The van der Waals surface area contributed by atoms with E-state index < -0.39 is 49.6 Å². The van der Waals surface area contributed by atoms with Gasteiger partial charge in [-0.1, -0.05) is 387 Å². The Kier molecular flexibility index (Phi) is 66.5. The molecule has 0 saturated heterocycles. The van der Waals surface area contributed by atoms with Gasteiger partial charge in [0, 0.05) is 32.2 Å². The number of rotatable bonds is 75. The number of carbonyl (C=O) groups excluding carboxylic acids is 4. The van der Waals surface area contributed by atoms with E-state index in [0.717, 1.165) is 103 Å². The average Bonchev–Trinajstić information content (AvgIpc) is 1.54. The molecule has 0 aromatic heterocycles. The normalized spacial score (nSPS) is 12.8. The third-order valence-corrected chi connectivity index (χ3v) is 19.6. The lowest BCUT2D eigenvalue weighted by Crippen LogP contribution is -2.61. The lowest BCUT2D eigenvalue weighted by molar-refractivity contribution is -0.196. The van der Waals surface area contributed by atoms with Crippen molar-refractivity contribution in [2.45, 2.75) is 450 Å². The number of nitrogens with two attached hydrogens (primary N) is 1. The Hall–Kier alpha value is -1.65. The number of unbranched alkanes of at least 4 members (excludes halogenated alkanes) is 56. The minimum absolute atomic E-state index is 0.0127. The maximum Gasteiger partial charge on any atom is 0.472 e. The molecule has 2 atom stereocenters. The molecule has 0 aliphatic carbocycles. The Morgan fingerprint density at radius 1 is 0.326 bits per heavy atom. The van der Waals surface area contributed by atoms with Gasteiger partial charge in [-0.3, -0.25) is 28.2 Å². The van der Waals surface area contributed by atoms with E-state index >= 15 is 9.59 Å². The van der Waals surface area contributed by atoms with Gasteiger partial charge >= 0.3 is 19.8 Å². The summed E-state index contributed by atoms with van der Waals surface area (Å²) >= 11 is 0. The molecule has 0 aliphatic heterocycles. The topological polar surface area (TPSA) is 169 Å². The van der Waals surface area contributed by atoms with Crippen LogP contribution in [0.15, 0.2) is 0 Å². The van der Waals surface area contributed by atoms with Crippen molar-refractivity contribution in [2.75, 3.05) is 19.8 Å². The summed E-state index contributed by atoms with van der Waals surface area (Å²) in [6.45, 7) is 7.84. The first-order valence-corrected chi connectivity index (χ1v) is 40.8. The van der Waals surface area contributed by atoms with E-state index in [1.807, 2.05) is 0 Å². The molecule has 528 valence electrons. The predicted octanol–water partition coefficient (Wildman–Crippen LogP) is 24.5. The van der Waals surface area contributed by atoms with Gasteiger partial charge in [-0.2, -0.15) is 0 Å². The standard InChI is InChI=1S/C77H150NO10P/c1-5-9-13-17-21-25-29-33-37-41-45-49-53-57-61-65-72(79)77(73(80)66-62-58-54-50-46-42-38-34-30-26-22-18-14-10-6-2,88-76(82)68-64-60-56-52-48-44-40-36-32-28-24-20-16-12-8-4)74(71-86-89(83,84)85-70-69-78)87-75(81)67-63-59-55-51-47-43-39-35-31-27-23-19-15-11-7-3/h74H,5-71,78H2,1-4H3,(H,83,84)/t74-/m0/s1. The van der Waals surface area contributed by atoms with E-state index in [4.69, 9.17) is 24.3 Å². The van der Waals surface area contributed by atoms with E-state index in [1.165, 1.54) is 257 Å². The van der Waals surface area contributed by atoms with Gasteiger partial charge in [0.25, 0.3) is 5.60 Å². The molecule has 12 heteroatoms. The molecule has 0 amide bonds. The highest BCUT2D eigenvalue weighted by atomic mass is 31.2. The SMILES string of the molecule is CCCCCCCCCCCCCCCCCC(=O)O[C@@H](COP(=O)(O)OCCN)C(OC(=O)CCCCCCCCCCCCCCCCC)(C(=O)CCCCCCCCCCCCCCCCC)C(=O)CCCCCCCCCCCCCCCCC. The molecule has 0 spiro atoms. The van der Waals surface area contributed by atoms with Gasteiger partial charge in [0.1, 0.15) is 6.61 Å². The van der Waals surface area contributed by atoms with Gasteiger partial charge in [0.15, 0.2) is 17.7 Å². The molecule has 0 saturated carbocycles. The molecule has 0 rings (SSSR count). The van der Waals surface area contributed by atoms with Gasteiger partial charge in [0.05, 0.1) is 6.61 Å². The molecule has 0 aromatic carbocycles. The molecule has 0 heterocycles. The summed E-state index contributed by atoms with van der Waals surface area (Å²) in [5.41, 5.74) is 3.08. The summed E-state index contributed by atoms with van der Waals surface area (Å²) in [6.07, 6.45) is 67.9. The third-order valence-electron chi connectivity index (χ3n) is 18.6. The van der Waals surface area contributed by atoms with Crippen LogP contribution >= 0.6 is 7.82 Å². The number of carbonyl (C=O) groups is 4. The Morgan fingerprint density at radius 2 is 0.539 bits per heavy atom. The second-order valence-corrected chi connectivity index (χ2v) is 28.7. The Balaban J connectivity index is 6.31. The largest absolute Gasteiger partial charge is 0.472 e. The van der Waals surface area contributed by atoms with Crippen molar-refractivity contribution >= 4 is 31.3 Å². The zero-order valence-electron chi connectivity index (χ0n) is 59.6. The lowest BCUT2D eigenvalue weighted by atomic mass is 9.82. The molecule has 0 fully saturated rings. The first-order chi connectivity index (χ1) is 43.5. The van der Waals surface area contributed by atoms with Crippen molar-refractivity contribution < 1.29 is 47.2 Å². The predicted molar refractivity (Wildman–Crippen MR) is 378 cm³/mol. The molecule has 3 N–H and O–H groups in total. The zero-order chi connectivity index (χ0) is 65.1. The Labute approximate surface area is 551 Å². The quantitative estimate of drug-likeness (QED) is 0.0257. The fraction of sp³-hybridized carbons (Fsp3) is 0.948. The van der Waals surface area contributed by atoms with Crippen LogP contribution in [0.25, 0.3) is 0 Å². The van der Waals surface area contributed by atoms with Gasteiger partial charge in [0.2, 0.25) is 0 Å². The number of hydrogen-bond acceptors (Lipinski definition) is 10. The van der Waals surface area contributed by atoms with Crippen LogP contribution in [-0.4, -0.2) is 59.9 Å². The van der Waals surface area contributed by atoms with Crippen LogP contribution in [0.2, 0.25) is 0 Å². The van der Waals surface area contributed by atoms with E-state index in [9.17, 15) is 19.0 Å². The van der Waals surface area contributed by atoms with Crippen LogP contribution < -0.4 is 5.73 Å². The third kappa shape index (κ3) is 56.4. The van der Waals surface area contributed by atoms with Crippen molar-refractivity contribution in [3.05, 3.63) is 0 Å². The van der Waals surface area contributed by atoms with Crippen molar-refractivity contribution in [1.29, 1.82) is 0 Å². The molecular formula is C77H150NO10P.